The molecule has 0 unspecified atom stereocenters. The van der Waals surface area contributed by atoms with E-state index in [1.54, 1.807) is 12.4 Å². The molecule has 0 aliphatic rings. The average Bonchev–Trinajstić information content (AvgIpc) is 2.53. The highest BCUT2D eigenvalue weighted by molar-refractivity contribution is 7.80. The van der Waals surface area contributed by atoms with Gasteiger partial charge in [-0.25, -0.2) is 0 Å². The summed E-state index contributed by atoms with van der Waals surface area (Å²) in [5.74, 6) is 0. The fourth-order valence-electron chi connectivity index (χ4n) is 1.85. The third-order valence-corrected chi connectivity index (χ3v) is 3.18. The largest absolute Gasteiger partial charge is 0.385 e. The molecule has 0 aliphatic carbocycles. The minimum Gasteiger partial charge on any atom is -0.385 e. The summed E-state index contributed by atoms with van der Waals surface area (Å²) in [5.41, 5.74) is 2.12. The van der Waals surface area contributed by atoms with Crippen LogP contribution in [0.2, 0.25) is 0 Å². The number of unbranched alkanes of at least 4 members (excludes halogenated alkanes) is 1. The van der Waals surface area contributed by atoms with Crippen LogP contribution in [-0.4, -0.2) is 23.2 Å². The number of nitrogens with one attached hydrogen (secondary N) is 3. The van der Waals surface area contributed by atoms with Crippen LogP contribution >= 0.6 is 12.2 Å². The van der Waals surface area contributed by atoms with Crippen molar-refractivity contribution in [3.05, 3.63) is 54.9 Å². The summed E-state index contributed by atoms with van der Waals surface area (Å²) < 4.78 is 0. The van der Waals surface area contributed by atoms with E-state index in [1.165, 1.54) is 5.69 Å². The van der Waals surface area contributed by atoms with Crippen molar-refractivity contribution in [3.8, 4) is 0 Å². The van der Waals surface area contributed by atoms with E-state index in [1.807, 2.05) is 30.3 Å². The van der Waals surface area contributed by atoms with Crippen LogP contribution in [0, 0.1) is 0 Å². The maximum atomic E-state index is 5.23. The Balaban J connectivity index is 1.52. The maximum Gasteiger partial charge on any atom is 0.170 e. The smallest absolute Gasteiger partial charge is 0.170 e. The van der Waals surface area contributed by atoms with Crippen LogP contribution in [0.15, 0.2) is 54.9 Å². The molecule has 0 saturated carbocycles. The molecule has 1 heterocycles. The van der Waals surface area contributed by atoms with Crippen LogP contribution in [0.5, 0.6) is 0 Å². The van der Waals surface area contributed by atoms with Crippen molar-refractivity contribution < 1.29 is 0 Å². The van der Waals surface area contributed by atoms with Gasteiger partial charge in [0.25, 0.3) is 0 Å². The van der Waals surface area contributed by atoms with Gasteiger partial charge >= 0.3 is 0 Å². The predicted octanol–water partition coefficient (Wildman–Crippen LogP) is 3.26. The zero-order valence-electron chi connectivity index (χ0n) is 11.9. The highest BCUT2D eigenvalue weighted by Gasteiger charge is 1.96. The third kappa shape index (κ3) is 6.23. The van der Waals surface area contributed by atoms with Gasteiger partial charge in [-0.3, -0.25) is 4.98 Å². The van der Waals surface area contributed by atoms with Crippen LogP contribution < -0.4 is 16.0 Å². The van der Waals surface area contributed by atoms with Crippen LogP contribution in [-0.2, 0) is 0 Å². The molecule has 2 aromatic rings. The standard InChI is InChI=1S/C16H20N4S/c21-16(20-15-8-12-17-13-9-15)19-11-5-4-10-18-14-6-2-1-3-7-14/h1-3,6-9,12-13,18H,4-5,10-11H2,(H2,17,19,20,21). The molecule has 0 radical (unpaired) electrons. The van der Waals surface area contributed by atoms with E-state index >= 15 is 0 Å². The summed E-state index contributed by atoms with van der Waals surface area (Å²) in [5, 5.41) is 10.4. The zero-order valence-corrected chi connectivity index (χ0v) is 12.7. The molecule has 3 N–H and O–H groups in total. The summed E-state index contributed by atoms with van der Waals surface area (Å²) >= 11 is 5.23. The minimum atomic E-state index is 0.650. The van der Waals surface area contributed by atoms with E-state index in [9.17, 15) is 0 Å². The molecule has 0 spiro atoms. The zero-order chi connectivity index (χ0) is 14.8. The summed E-state index contributed by atoms with van der Waals surface area (Å²) in [7, 11) is 0. The first kappa shape index (κ1) is 15.3. The SMILES string of the molecule is S=C(NCCCCNc1ccccc1)Nc1ccncc1. The fourth-order valence-corrected chi connectivity index (χ4v) is 2.07. The van der Waals surface area contributed by atoms with Crippen molar-refractivity contribution in [1.82, 2.24) is 10.3 Å². The molecule has 4 nitrogen and oxygen atoms in total. The van der Waals surface area contributed by atoms with Gasteiger partial charge in [-0.1, -0.05) is 18.2 Å². The molecule has 0 amide bonds. The molecular formula is C16H20N4S. The molecule has 5 heteroatoms. The van der Waals surface area contributed by atoms with Crippen LogP contribution in [0.25, 0.3) is 0 Å². The van der Waals surface area contributed by atoms with Crippen LogP contribution in [0.1, 0.15) is 12.8 Å². The maximum absolute atomic E-state index is 5.23. The Labute approximate surface area is 131 Å². The van der Waals surface area contributed by atoms with E-state index in [-0.39, 0.29) is 0 Å². The summed E-state index contributed by atoms with van der Waals surface area (Å²) in [6.45, 7) is 1.84. The third-order valence-electron chi connectivity index (χ3n) is 2.93. The summed E-state index contributed by atoms with van der Waals surface area (Å²) in [6.07, 6.45) is 5.64. The lowest BCUT2D eigenvalue weighted by molar-refractivity contribution is 0.735. The van der Waals surface area contributed by atoms with Crippen molar-refractivity contribution in [2.45, 2.75) is 12.8 Å². The molecular weight excluding hydrogens is 280 g/mol. The molecule has 0 bridgehead atoms. The molecule has 0 saturated heterocycles. The summed E-state index contributed by atoms with van der Waals surface area (Å²) in [6, 6.07) is 14.0. The lowest BCUT2D eigenvalue weighted by atomic mass is 10.3. The van der Waals surface area contributed by atoms with Gasteiger partial charge in [-0.15, -0.1) is 0 Å². The monoisotopic (exact) mass is 300 g/mol. The topological polar surface area (TPSA) is 49.0 Å². The molecule has 21 heavy (non-hydrogen) atoms. The Morgan fingerprint density at radius 3 is 2.38 bits per heavy atom. The first-order chi connectivity index (χ1) is 10.3. The Kier molecular flexibility index (Phi) is 6.48. The lowest BCUT2D eigenvalue weighted by Gasteiger charge is -2.10. The normalized spacial score (nSPS) is 9.90. The number of anilines is 2. The van der Waals surface area contributed by atoms with E-state index < -0.39 is 0 Å². The van der Waals surface area contributed by atoms with Gasteiger partial charge in [0.15, 0.2) is 5.11 Å². The molecule has 1 aromatic heterocycles. The Hall–Kier alpha value is -2.14. The van der Waals surface area contributed by atoms with E-state index in [0.29, 0.717) is 5.11 Å². The molecule has 110 valence electrons. The molecule has 0 atom stereocenters. The Morgan fingerprint density at radius 2 is 1.62 bits per heavy atom. The van der Waals surface area contributed by atoms with Crippen molar-refractivity contribution in [1.29, 1.82) is 0 Å². The molecule has 0 aliphatic heterocycles. The molecule has 1 aromatic carbocycles. The molecule has 2 rings (SSSR count). The fraction of sp³-hybridized carbons (Fsp3) is 0.250. The highest BCUT2D eigenvalue weighted by Crippen LogP contribution is 2.05. The van der Waals surface area contributed by atoms with Gasteiger partial charge < -0.3 is 16.0 Å². The number of hydrogen-bond acceptors (Lipinski definition) is 3. The van der Waals surface area contributed by atoms with Crippen LogP contribution in [0.3, 0.4) is 0 Å². The van der Waals surface area contributed by atoms with E-state index in [2.05, 4.69) is 33.1 Å². The highest BCUT2D eigenvalue weighted by atomic mass is 32.1. The number of hydrogen-bond donors (Lipinski definition) is 3. The van der Waals surface area contributed by atoms with Crippen molar-refractivity contribution in [2.75, 3.05) is 23.7 Å². The van der Waals surface area contributed by atoms with Gasteiger partial charge in [0.05, 0.1) is 0 Å². The number of nitrogens with zero attached hydrogens (tertiary/aromatic N) is 1. The second-order valence-corrected chi connectivity index (χ2v) is 5.02. The van der Waals surface area contributed by atoms with Crippen molar-refractivity contribution in [3.63, 3.8) is 0 Å². The number of thiocarbonyl (C=S) groups is 1. The Morgan fingerprint density at radius 1 is 0.905 bits per heavy atom. The number of aromatic nitrogens is 1. The summed E-state index contributed by atoms with van der Waals surface area (Å²) in [4.78, 5) is 3.96. The predicted molar refractivity (Wildman–Crippen MR) is 92.6 cm³/mol. The second-order valence-electron chi connectivity index (χ2n) is 4.62. The minimum absolute atomic E-state index is 0.650. The lowest BCUT2D eigenvalue weighted by Crippen LogP contribution is -2.29. The first-order valence-electron chi connectivity index (χ1n) is 7.08. The Bertz CT molecular complexity index is 530. The van der Waals surface area contributed by atoms with E-state index in [0.717, 1.165) is 31.6 Å². The van der Waals surface area contributed by atoms with Crippen molar-refractivity contribution >= 4 is 28.7 Å². The van der Waals surface area contributed by atoms with Crippen molar-refractivity contribution in [2.24, 2.45) is 0 Å². The van der Waals surface area contributed by atoms with Crippen LogP contribution in [0.4, 0.5) is 11.4 Å². The quantitative estimate of drug-likeness (QED) is 0.541. The van der Waals surface area contributed by atoms with Gasteiger partial charge in [-0.2, -0.15) is 0 Å². The first-order valence-corrected chi connectivity index (χ1v) is 7.49. The number of rotatable bonds is 7. The average molecular weight is 300 g/mol. The van der Waals surface area contributed by atoms with Gasteiger partial charge in [-0.05, 0) is 49.3 Å². The molecule has 0 fully saturated rings. The number of pyridine rings is 1. The second kappa shape index (κ2) is 8.92. The van der Waals surface area contributed by atoms with Gasteiger partial charge in [0, 0.05) is 36.9 Å². The number of benzene rings is 1. The van der Waals surface area contributed by atoms with Gasteiger partial charge in [0.2, 0.25) is 0 Å². The van der Waals surface area contributed by atoms with Gasteiger partial charge in [0.1, 0.15) is 0 Å². The van der Waals surface area contributed by atoms with E-state index in [4.69, 9.17) is 12.2 Å². The number of para-hydroxylation sites is 1.